The highest BCUT2D eigenvalue weighted by Crippen LogP contribution is 2.35. The van der Waals surface area contributed by atoms with Crippen LogP contribution in [0, 0.1) is 11.8 Å². The van der Waals surface area contributed by atoms with Crippen molar-refractivity contribution in [1.82, 2.24) is 0 Å². The molecular formula is C16H10F6N2. The predicted molar refractivity (Wildman–Crippen MR) is 77.7 cm³/mol. The summed E-state index contributed by atoms with van der Waals surface area (Å²) in [4.78, 5) is 0. The summed E-state index contributed by atoms with van der Waals surface area (Å²) in [7, 11) is 0. The second-order valence-electron chi connectivity index (χ2n) is 4.85. The van der Waals surface area contributed by atoms with Gasteiger partial charge in [0.15, 0.2) is 0 Å². The zero-order valence-electron chi connectivity index (χ0n) is 11.9. The van der Waals surface area contributed by atoms with Crippen LogP contribution in [0.25, 0.3) is 0 Å². The van der Waals surface area contributed by atoms with E-state index < -0.39 is 34.9 Å². The van der Waals surface area contributed by atoms with Gasteiger partial charge in [0.2, 0.25) is 0 Å². The largest absolute Gasteiger partial charge is 0.418 e. The van der Waals surface area contributed by atoms with Crippen molar-refractivity contribution in [3.05, 3.63) is 58.7 Å². The van der Waals surface area contributed by atoms with Crippen LogP contribution in [0.3, 0.4) is 0 Å². The van der Waals surface area contributed by atoms with Gasteiger partial charge in [0.1, 0.15) is 0 Å². The molecule has 0 radical (unpaired) electrons. The third kappa shape index (κ3) is 3.93. The maximum atomic E-state index is 12.8. The molecule has 2 aromatic rings. The van der Waals surface area contributed by atoms with Crippen LogP contribution in [0.4, 0.5) is 37.7 Å². The highest BCUT2D eigenvalue weighted by atomic mass is 19.4. The molecular weight excluding hydrogens is 334 g/mol. The normalized spacial score (nSPS) is 11.8. The number of hydrogen-bond acceptors (Lipinski definition) is 2. The van der Waals surface area contributed by atoms with E-state index in [9.17, 15) is 26.3 Å². The minimum atomic E-state index is -4.65. The van der Waals surface area contributed by atoms with Gasteiger partial charge in [0.05, 0.1) is 11.1 Å². The molecule has 126 valence electrons. The molecule has 0 spiro atoms. The van der Waals surface area contributed by atoms with Crippen molar-refractivity contribution in [3.8, 4) is 11.8 Å². The van der Waals surface area contributed by atoms with E-state index in [1.54, 1.807) is 0 Å². The van der Waals surface area contributed by atoms with E-state index in [2.05, 4.69) is 11.8 Å². The summed E-state index contributed by atoms with van der Waals surface area (Å²) >= 11 is 0. The minimum Gasteiger partial charge on any atom is -0.398 e. The van der Waals surface area contributed by atoms with Crippen LogP contribution in [-0.2, 0) is 12.4 Å². The fraction of sp³-hybridized carbons (Fsp3) is 0.125. The highest BCUT2D eigenvalue weighted by Gasteiger charge is 2.33. The first-order valence-corrected chi connectivity index (χ1v) is 6.44. The molecule has 2 rings (SSSR count). The van der Waals surface area contributed by atoms with Crippen molar-refractivity contribution < 1.29 is 26.3 Å². The lowest BCUT2D eigenvalue weighted by Crippen LogP contribution is -2.09. The van der Waals surface area contributed by atoms with Crippen molar-refractivity contribution in [1.29, 1.82) is 0 Å². The lowest BCUT2D eigenvalue weighted by molar-refractivity contribution is -0.137. The Morgan fingerprint density at radius 2 is 0.958 bits per heavy atom. The average Bonchev–Trinajstić information content (AvgIpc) is 2.45. The monoisotopic (exact) mass is 344 g/mol. The van der Waals surface area contributed by atoms with Gasteiger partial charge in [-0.2, -0.15) is 26.3 Å². The van der Waals surface area contributed by atoms with Gasteiger partial charge in [0.25, 0.3) is 0 Å². The maximum absolute atomic E-state index is 12.8. The number of anilines is 2. The predicted octanol–water partition coefficient (Wildman–Crippen LogP) is 4.29. The number of nitrogens with two attached hydrogens (primary N) is 2. The quantitative estimate of drug-likeness (QED) is 0.426. The molecule has 0 bridgehead atoms. The molecule has 0 aliphatic carbocycles. The maximum Gasteiger partial charge on any atom is 0.418 e. The van der Waals surface area contributed by atoms with Crippen molar-refractivity contribution in [2.75, 3.05) is 11.5 Å². The first kappa shape index (κ1) is 17.5. The van der Waals surface area contributed by atoms with E-state index in [4.69, 9.17) is 11.5 Å². The lowest BCUT2D eigenvalue weighted by atomic mass is 10.1. The molecule has 0 heterocycles. The molecule has 0 aliphatic rings. The van der Waals surface area contributed by atoms with Gasteiger partial charge in [-0.1, -0.05) is 11.8 Å². The molecule has 0 unspecified atom stereocenters. The summed E-state index contributed by atoms with van der Waals surface area (Å²) < 4.78 is 76.5. The number of alkyl halides is 6. The van der Waals surface area contributed by atoms with Crippen molar-refractivity contribution >= 4 is 11.4 Å². The second kappa shape index (κ2) is 6.00. The third-order valence-electron chi connectivity index (χ3n) is 3.07. The summed E-state index contributed by atoms with van der Waals surface area (Å²) in [5.74, 6) is 4.77. The molecule has 0 atom stereocenters. The van der Waals surface area contributed by atoms with Crippen LogP contribution >= 0.6 is 0 Å². The summed E-state index contributed by atoms with van der Waals surface area (Å²) in [6, 6.07) is 6.06. The minimum absolute atomic E-state index is 0.0260. The molecule has 0 amide bonds. The fourth-order valence-electron chi connectivity index (χ4n) is 1.90. The van der Waals surface area contributed by atoms with Crippen LogP contribution < -0.4 is 11.5 Å². The summed E-state index contributed by atoms with van der Waals surface area (Å²) in [5, 5.41) is 0. The standard InChI is InChI=1S/C16H10F6N2/c17-15(18,19)11-7-9(3-5-13(11)23)1-2-10-4-6-14(24)12(8-10)16(20,21)22/h3-8H,23-24H2. The number of rotatable bonds is 0. The Balaban J connectivity index is 2.41. The van der Waals surface area contributed by atoms with Gasteiger partial charge < -0.3 is 11.5 Å². The highest BCUT2D eigenvalue weighted by molar-refractivity contribution is 5.57. The molecule has 8 heteroatoms. The van der Waals surface area contributed by atoms with Crippen LogP contribution in [0.15, 0.2) is 36.4 Å². The zero-order chi connectivity index (χ0) is 18.1. The molecule has 24 heavy (non-hydrogen) atoms. The van der Waals surface area contributed by atoms with Gasteiger partial charge in [-0.05, 0) is 36.4 Å². The van der Waals surface area contributed by atoms with Crippen LogP contribution in [0.1, 0.15) is 22.3 Å². The van der Waals surface area contributed by atoms with E-state index in [0.29, 0.717) is 0 Å². The van der Waals surface area contributed by atoms with E-state index >= 15 is 0 Å². The second-order valence-corrected chi connectivity index (χ2v) is 4.85. The Morgan fingerprint density at radius 3 is 1.25 bits per heavy atom. The number of nitrogen functional groups attached to an aromatic ring is 2. The summed E-state index contributed by atoms with van der Waals surface area (Å²) in [6.45, 7) is 0. The van der Waals surface area contributed by atoms with E-state index in [1.165, 1.54) is 12.1 Å². The molecule has 4 N–H and O–H groups in total. The topological polar surface area (TPSA) is 52.0 Å². The Kier molecular flexibility index (Phi) is 4.38. The fourth-order valence-corrected chi connectivity index (χ4v) is 1.90. The molecule has 0 aromatic heterocycles. The molecule has 2 aromatic carbocycles. The first-order chi connectivity index (χ1) is 11.0. The smallest absolute Gasteiger partial charge is 0.398 e. The SMILES string of the molecule is Nc1ccc(C#Cc2ccc(N)c(C(F)(F)F)c2)cc1C(F)(F)F. The molecule has 0 saturated heterocycles. The Labute approximate surface area is 133 Å². The van der Waals surface area contributed by atoms with E-state index in [-0.39, 0.29) is 11.1 Å². The third-order valence-corrected chi connectivity index (χ3v) is 3.07. The van der Waals surface area contributed by atoms with Gasteiger partial charge in [0, 0.05) is 22.5 Å². The molecule has 0 saturated carbocycles. The van der Waals surface area contributed by atoms with Gasteiger partial charge in [-0.15, -0.1) is 0 Å². The molecule has 0 fully saturated rings. The average molecular weight is 344 g/mol. The van der Waals surface area contributed by atoms with Gasteiger partial charge in [-0.3, -0.25) is 0 Å². The Morgan fingerprint density at radius 1 is 0.625 bits per heavy atom. The Hall–Kier alpha value is -2.82. The summed E-state index contributed by atoms with van der Waals surface area (Å²) in [5.41, 5.74) is 7.45. The first-order valence-electron chi connectivity index (χ1n) is 6.44. The van der Waals surface area contributed by atoms with Crippen molar-refractivity contribution in [3.63, 3.8) is 0 Å². The zero-order valence-corrected chi connectivity index (χ0v) is 11.9. The van der Waals surface area contributed by atoms with Crippen molar-refractivity contribution in [2.24, 2.45) is 0 Å². The number of halogens is 6. The molecule has 0 aliphatic heterocycles. The van der Waals surface area contributed by atoms with Crippen LogP contribution in [-0.4, -0.2) is 0 Å². The molecule has 2 nitrogen and oxygen atoms in total. The number of benzene rings is 2. The summed E-state index contributed by atoms with van der Waals surface area (Å²) in [6.07, 6.45) is -9.29. The van der Waals surface area contributed by atoms with E-state index in [1.807, 2.05) is 0 Å². The Bertz CT molecular complexity index is 758. The lowest BCUT2D eigenvalue weighted by Gasteiger charge is -2.10. The van der Waals surface area contributed by atoms with Crippen LogP contribution in [0.5, 0.6) is 0 Å². The van der Waals surface area contributed by atoms with Crippen molar-refractivity contribution in [2.45, 2.75) is 12.4 Å². The van der Waals surface area contributed by atoms with Crippen LogP contribution in [0.2, 0.25) is 0 Å². The van der Waals surface area contributed by atoms with E-state index in [0.717, 1.165) is 24.3 Å². The van der Waals surface area contributed by atoms with Gasteiger partial charge in [-0.25, -0.2) is 0 Å². The van der Waals surface area contributed by atoms with Gasteiger partial charge >= 0.3 is 12.4 Å². The number of hydrogen-bond donors (Lipinski definition) is 2.